The number of rotatable bonds is 9. The van der Waals surface area contributed by atoms with Crippen LogP contribution in [0.2, 0.25) is 0 Å². The van der Waals surface area contributed by atoms with Crippen molar-refractivity contribution in [3.8, 4) is 0 Å². The first-order valence-corrected chi connectivity index (χ1v) is 7.64. The molecule has 2 nitrogen and oxygen atoms in total. The fraction of sp³-hybridized carbons (Fsp3) is 0.647. The zero-order chi connectivity index (χ0) is 13.5. The first-order chi connectivity index (χ1) is 9.29. The van der Waals surface area contributed by atoms with E-state index in [2.05, 4.69) is 43.4 Å². The highest BCUT2D eigenvalue weighted by Crippen LogP contribution is 2.29. The molecule has 0 radical (unpaired) electrons. The molecule has 19 heavy (non-hydrogen) atoms. The van der Waals surface area contributed by atoms with Crippen molar-refractivity contribution in [1.29, 1.82) is 0 Å². The van der Waals surface area contributed by atoms with Gasteiger partial charge in [-0.05, 0) is 44.2 Å². The molecule has 1 aliphatic carbocycles. The van der Waals surface area contributed by atoms with Crippen molar-refractivity contribution in [2.45, 2.75) is 39.0 Å². The molecule has 0 aromatic heterocycles. The molecule has 1 aliphatic rings. The summed E-state index contributed by atoms with van der Waals surface area (Å²) in [5, 5.41) is 3.53. The van der Waals surface area contributed by atoms with Crippen LogP contribution in [0.5, 0.6) is 0 Å². The smallest absolute Gasteiger partial charge is 0.0547 e. The van der Waals surface area contributed by atoms with Crippen LogP contribution in [-0.2, 0) is 4.74 Å². The summed E-state index contributed by atoms with van der Waals surface area (Å²) in [4.78, 5) is 0. The molecule has 1 saturated carbocycles. The van der Waals surface area contributed by atoms with Gasteiger partial charge in [0.15, 0.2) is 0 Å². The van der Waals surface area contributed by atoms with Crippen molar-refractivity contribution in [3.63, 3.8) is 0 Å². The summed E-state index contributed by atoms with van der Waals surface area (Å²) in [7, 11) is 0. The monoisotopic (exact) mass is 261 g/mol. The van der Waals surface area contributed by atoms with Crippen molar-refractivity contribution in [1.82, 2.24) is 5.32 Å². The van der Waals surface area contributed by atoms with Crippen LogP contribution in [0, 0.1) is 12.8 Å². The summed E-state index contributed by atoms with van der Waals surface area (Å²) in [6.45, 7) is 8.27. The van der Waals surface area contributed by atoms with Crippen LogP contribution >= 0.6 is 0 Å². The van der Waals surface area contributed by atoms with E-state index in [-0.39, 0.29) is 0 Å². The van der Waals surface area contributed by atoms with E-state index in [0.29, 0.717) is 5.92 Å². The summed E-state index contributed by atoms with van der Waals surface area (Å²) in [6.07, 6.45) is 3.91. The fourth-order valence-electron chi connectivity index (χ4n) is 2.31. The molecule has 1 unspecified atom stereocenters. The van der Waals surface area contributed by atoms with E-state index in [4.69, 9.17) is 4.74 Å². The first-order valence-electron chi connectivity index (χ1n) is 7.64. The zero-order valence-corrected chi connectivity index (χ0v) is 12.3. The van der Waals surface area contributed by atoms with Gasteiger partial charge in [0.25, 0.3) is 0 Å². The summed E-state index contributed by atoms with van der Waals surface area (Å²) in [5.74, 6) is 1.33. The number of aryl methyl sites for hydroxylation is 1. The normalized spacial score (nSPS) is 16.5. The molecule has 0 heterocycles. The van der Waals surface area contributed by atoms with Crippen molar-refractivity contribution in [2.75, 3.05) is 26.3 Å². The second kappa shape index (κ2) is 7.66. The SMILES string of the molecule is CCCNCC(COCC1CC1)c1cccc(C)c1. The summed E-state index contributed by atoms with van der Waals surface area (Å²) in [6, 6.07) is 8.83. The number of hydrogen-bond acceptors (Lipinski definition) is 2. The van der Waals surface area contributed by atoms with Gasteiger partial charge >= 0.3 is 0 Å². The Hall–Kier alpha value is -0.860. The topological polar surface area (TPSA) is 21.3 Å². The van der Waals surface area contributed by atoms with E-state index in [9.17, 15) is 0 Å². The fourth-order valence-corrected chi connectivity index (χ4v) is 2.31. The van der Waals surface area contributed by atoms with Gasteiger partial charge in [-0.2, -0.15) is 0 Å². The number of nitrogens with one attached hydrogen (secondary N) is 1. The van der Waals surface area contributed by atoms with Gasteiger partial charge in [0, 0.05) is 19.1 Å². The lowest BCUT2D eigenvalue weighted by Gasteiger charge is -2.19. The lowest BCUT2D eigenvalue weighted by Crippen LogP contribution is -2.25. The standard InChI is InChI=1S/C17H27NO/c1-3-9-18-11-17(13-19-12-15-7-8-15)16-6-4-5-14(2)10-16/h4-6,10,15,17-18H,3,7-9,11-13H2,1-2H3. The van der Waals surface area contributed by atoms with E-state index in [1.165, 1.54) is 30.4 Å². The van der Waals surface area contributed by atoms with Gasteiger partial charge in [0.2, 0.25) is 0 Å². The molecular weight excluding hydrogens is 234 g/mol. The highest BCUT2D eigenvalue weighted by atomic mass is 16.5. The maximum atomic E-state index is 5.90. The first kappa shape index (κ1) is 14.5. The predicted octanol–water partition coefficient (Wildman–Crippen LogP) is 3.50. The Bertz CT molecular complexity index is 373. The Morgan fingerprint density at radius 1 is 1.37 bits per heavy atom. The lowest BCUT2D eigenvalue weighted by molar-refractivity contribution is 0.110. The molecule has 0 aliphatic heterocycles. The molecule has 1 atom stereocenters. The van der Waals surface area contributed by atoms with Crippen LogP contribution in [0.4, 0.5) is 0 Å². The van der Waals surface area contributed by atoms with Crippen LogP contribution in [-0.4, -0.2) is 26.3 Å². The summed E-state index contributed by atoms with van der Waals surface area (Å²) >= 11 is 0. The van der Waals surface area contributed by atoms with Crippen LogP contribution in [0.25, 0.3) is 0 Å². The van der Waals surface area contributed by atoms with Gasteiger partial charge in [-0.25, -0.2) is 0 Å². The molecule has 2 rings (SSSR count). The van der Waals surface area contributed by atoms with Crippen LogP contribution < -0.4 is 5.32 Å². The maximum absolute atomic E-state index is 5.90. The second-order valence-corrected chi connectivity index (χ2v) is 5.80. The van der Waals surface area contributed by atoms with Crippen LogP contribution in [0.3, 0.4) is 0 Å². The maximum Gasteiger partial charge on any atom is 0.0547 e. The van der Waals surface area contributed by atoms with Gasteiger partial charge in [-0.3, -0.25) is 0 Å². The Morgan fingerprint density at radius 2 is 2.21 bits per heavy atom. The minimum Gasteiger partial charge on any atom is -0.380 e. The quantitative estimate of drug-likeness (QED) is 0.687. The Labute approximate surface area is 117 Å². The van der Waals surface area contributed by atoms with E-state index < -0.39 is 0 Å². The van der Waals surface area contributed by atoms with E-state index in [1.807, 2.05) is 0 Å². The Kier molecular flexibility index (Phi) is 5.87. The second-order valence-electron chi connectivity index (χ2n) is 5.80. The molecule has 0 bridgehead atoms. The van der Waals surface area contributed by atoms with Gasteiger partial charge in [0.05, 0.1) is 6.61 Å². The Morgan fingerprint density at radius 3 is 2.89 bits per heavy atom. The van der Waals surface area contributed by atoms with Gasteiger partial charge in [-0.15, -0.1) is 0 Å². The number of benzene rings is 1. The average Bonchev–Trinajstić information content (AvgIpc) is 3.21. The largest absolute Gasteiger partial charge is 0.380 e. The predicted molar refractivity (Wildman–Crippen MR) is 80.6 cm³/mol. The average molecular weight is 261 g/mol. The van der Waals surface area contributed by atoms with Gasteiger partial charge < -0.3 is 10.1 Å². The van der Waals surface area contributed by atoms with E-state index in [1.54, 1.807) is 0 Å². The zero-order valence-electron chi connectivity index (χ0n) is 12.3. The molecule has 106 valence electrons. The third-order valence-corrected chi connectivity index (χ3v) is 3.70. The molecule has 1 fully saturated rings. The molecular formula is C17H27NO. The van der Waals surface area contributed by atoms with Crippen molar-refractivity contribution >= 4 is 0 Å². The number of ether oxygens (including phenoxy) is 1. The molecule has 0 amide bonds. The van der Waals surface area contributed by atoms with E-state index >= 15 is 0 Å². The third-order valence-electron chi connectivity index (χ3n) is 3.70. The summed E-state index contributed by atoms with van der Waals surface area (Å²) < 4.78 is 5.90. The highest BCUT2D eigenvalue weighted by molar-refractivity contribution is 5.25. The van der Waals surface area contributed by atoms with Crippen LogP contribution in [0.1, 0.15) is 43.2 Å². The van der Waals surface area contributed by atoms with Crippen molar-refractivity contribution in [3.05, 3.63) is 35.4 Å². The Balaban J connectivity index is 1.87. The molecule has 1 N–H and O–H groups in total. The third kappa shape index (κ3) is 5.33. The molecule has 0 saturated heterocycles. The molecule has 1 aromatic carbocycles. The minimum absolute atomic E-state index is 0.477. The highest BCUT2D eigenvalue weighted by Gasteiger charge is 2.22. The molecule has 0 spiro atoms. The number of hydrogen-bond donors (Lipinski definition) is 1. The summed E-state index contributed by atoms with van der Waals surface area (Å²) in [5.41, 5.74) is 2.74. The molecule has 1 aromatic rings. The van der Waals surface area contributed by atoms with E-state index in [0.717, 1.165) is 32.2 Å². The van der Waals surface area contributed by atoms with Crippen molar-refractivity contribution < 1.29 is 4.74 Å². The van der Waals surface area contributed by atoms with Crippen molar-refractivity contribution in [2.24, 2.45) is 5.92 Å². The molecule has 2 heteroatoms. The lowest BCUT2D eigenvalue weighted by atomic mass is 9.98. The van der Waals surface area contributed by atoms with Gasteiger partial charge in [-0.1, -0.05) is 36.8 Å². The minimum atomic E-state index is 0.477. The van der Waals surface area contributed by atoms with Gasteiger partial charge in [0.1, 0.15) is 0 Å². The van der Waals surface area contributed by atoms with Crippen LogP contribution in [0.15, 0.2) is 24.3 Å².